The second-order valence-corrected chi connectivity index (χ2v) is 7.57. The van der Waals surface area contributed by atoms with Crippen molar-refractivity contribution in [2.24, 2.45) is 0 Å². The molecule has 0 radical (unpaired) electrons. The molecule has 28 heavy (non-hydrogen) atoms. The van der Waals surface area contributed by atoms with Crippen LogP contribution in [0, 0.1) is 11.3 Å². The number of ether oxygens (including phenoxy) is 1. The Balaban J connectivity index is 1.80. The average Bonchev–Trinajstić information content (AvgIpc) is 2.65. The molecular formula is C22H22N4O2. The van der Waals surface area contributed by atoms with Crippen LogP contribution >= 0.6 is 0 Å². The van der Waals surface area contributed by atoms with E-state index in [9.17, 15) is 10.1 Å². The highest BCUT2D eigenvalue weighted by molar-refractivity contribution is 5.64. The summed E-state index contributed by atoms with van der Waals surface area (Å²) in [5, 5.41) is 9.48. The first-order chi connectivity index (χ1) is 13.3. The summed E-state index contributed by atoms with van der Waals surface area (Å²) in [5.41, 5.74) is 9.00. The minimum Gasteiger partial charge on any atom is -0.488 e. The maximum absolute atomic E-state index is 11.6. The van der Waals surface area contributed by atoms with Crippen LogP contribution in [0.1, 0.15) is 37.5 Å². The third-order valence-corrected chi connectivity index (χ3v) is 4.37. The Kier molecular flexibility index (Phi) is 5.18. The summed E-state index contributed by atoms with van der Waals surface area (Å²) in [4.78, 5) is 18.1. The van der Waals surface area contributed by atoms with Crippen LogP contribution in [0.3, 0.4) is 0 Å². The number of nitrogens with one attached hydrogen (secondary N) is 1. The lowest BCUT2D eigenvalue weighted by Gasteiger charge is -2.19. The predicted octanol–water partition coefficient (Wildman–Crippen LogP) is 3.77. The largest absolute Gasteiger partial charge is 0.488 e. The number of aromatic amines is 1. The lowest BCUT2D eigenvalue weighted by atomic mass is 9.87. The number of nitriles is 1. The van der Waals surface area contributed by atoms with Gasteiger partial charge in [0.2, 0.25) is 5.95 Å². The summed E-state index contributed by atoms with van der Waals surface area (Å²) in [6, 6.07) is 16.8. The molecule has 0 unspecified atom stereocenters. The summed E-state index contributed by atoms with van der Waals surface area (Å²) in [5.74, 6) is 0.504. The molecule has 0 atom stereocenters. The highest BCUT2D eigenvalue weighted by Gasteiger charge is 2.13. The Morgan fingerprint density at radius 3 is 2.46 bits per heavy atom. The summed E-state index contributed by atoms with van der Waals surface area (Å²) >= 11 is 0. The monoisotopic (exact) mass is 374 g/mol. The van der Waals surface area contributed by atoms with E-state index in [1.165, 1.54) is 11.6 Å². The normalized spacial score (nSPS) is 11.1. The van der Waals surface area contributed by atoms with E-state index < -0.39 is 0 Å². The minimum atomic E-state index is -0.347. The van der Waals surface area contributed by atoms with Crippen molar-refractivity contribution in [2.45, 2.75) is 32.8 Å². The van der Waals surface area contributed by atoms with Crippen molar-refractivity contribution in [3.8, 4) is 23.1 Å². The second kappa shape index (κ2) is 7.57. The Labute approximate surface area is 163 Å². The number of anilines is 1. The van der Waals surface area contributed by atoms with E-state index in [2.05, 4.69) is 48.9 Å². The molecule has 3 rings (SSSR count). The van der Waals surface area contributed by atoms with Crippen LogP contribution in [0.2, 0.25) is 0 Å². The zero-order valence-electron chi connectivity index (χ0n) is 16.1. The molecule has 142 valence electrons. The fourth-order valence-electron chi connectivity index (χ4n) is 2.79. The van der Waals surface area contributed by atoms with Gasteiger partial charge in [-0.05, 0) is 34.7 Å². The molecule has 1 aromatic heterocycles. The molecule has 0 aliphatic rings. The molecule has 0 aliphatic heterocycles. The smallest absolute Gasteiger partial charge is 0.252 e. The summed E-state index contributed by atoms with van der Waals surface area (Å²) < 4.78 is 5.84. The van der Waals surface area contributed by atoms with Gasteiger partial charge < -0.3 is 10.5 Å². The first-order valence-electron chi connectivity index (χ1n) is 8.90. The fraction of sp³-hybridized carbons (Fsp3) is 0.227. The van der Waals surface area contributed by atoms with Gasteiger partial charge >= 0.3 is 0 Å². The third-order valence-electron chi connectivity index (χ3n) is 4.37. The van der Waals surface area contributed by atoms with E-state index in [-0.39, 0.29) is 16.9 Å². The van der Waals surface area contributed by atoms with Gasteiger partial charge in [-0.25, -0.2) is 4.98 Å². The number of nitrogens with two attached hydrogens (primary N) is 1. The van der Waals surface area contributed by atoms with E-state index in [4.69, 9.17) is 10.5 Å². The van der Waals surface area contributed by atoms with E-state index in [1.807, 2.05) is 12.1 Å². The predicted molar refractivity (Wildman–Crippen MR) is 109 cm³/mol. The maximum atomic E-state index is 11.6. The number of nitrogen functional groups attached to an aromatic ring is 1. The lowest BCUT2D eigenvalue weighted by Crippen LogP contribution is -2.11. The number of nitrogens with zero attached hydrogens (tertiary/aromatic N) is 2. The van der Waals surface area contributed by atoms with Crippen molar-refractivity contribution in [3.05, 3.63) is 75.6 Å². The van der Waals surface area contributed by atoms with Gasteiger partial charge in [0.25, 0.3) is 5.56 Å². The van der Waals surface area contributed by atoms with Crippen molar-refractivity contribution in [2.75, 3.05) is 5.73 Å². The molecule has 6 nitrogen and oxygen atoms in total. The fourth-order valence-corrected chi connectivity index (χ4v) is 2.79. The van der Waals surface area contributed by atoms with E-state index in [0.29, 0.717) is 29.2 Å². The third kappa shape index (κ3) is 4.38. The highest BCUT2D eigenvalue weighted by Crippen LogP contribution is 2.26. The standard InChI is InChI=1S/C22H22N4O2/c1-22(2,3)17-7-4-14(5-8-17)13-28-19-9-6-15(10-16(19)12-23)18-11-20(27)26-21(24)25-18/h4-11H,13H2,1-3H3,(H3,24,25,26,27). The van der Waals surface area contributed by atoms with Gasteiger partial charge in [0.05, 0.1) is 11.3 Å². The van der Waals surface area contributed by atoms with Crippen LogP contribution in [0.25, 0.3) is 11.3 Å². The van der Waals surface area contributed by atoms with Gasteiger partial charge in [-0.1, -0.05) is 45.0 Å². The summed E-state index contributed by atoms with van der Waals surface area (Å²) in [6.45, 7) is 6.86. The molecule has 0 saturated heterocycles. The van der Waals surface area contributed by atoms with Gasteiger partial charge in [0.1, 0.15) is 18.4 Å². The van der Waals surface area contributed by atoms with Crippen LogP contribution in [-0.2, 0) is 12.0 Å². The van der Waals surface area contributed by atoms with Gasteiger partial charge in [-0.3, -0.25) is 9.78 Å². The first-order valence-corrected chi connectivity index (χ1v) is 8.90. The molecule has 3 aromatic rings. The molecule has 6 heteroatoms. The quantitative estimate of drug-likeness (QED) is 0.723. The van der Waals surface area contributed by atoms with Crippen molar-refractivity contribution >= 4 is 5.95 Å². The zero-order valence-corrected chi connectivity index (χ0v) is 16.1. The van der Waals surface area contributed by atoms with Gasteiger partial charge in [0.15, 0.2) is 0 Å². The zero-order chi connectivity index (χ0) is 20.3. The molecular weight excluding hydrogens is 352 g/mol. The van der Waals surface area contributed by atoms with Gasteiger partial charge in [-0.2, -0.15) is 5.26 Å². The van der Waals surface area contributed by atoms with Crippen LogP contribution in [0.4, 0.5) is 5.95 Å². The topological polar surface area (TPSA) is 105 Å². The van der Waals surface area contributed by atoms with E-state index in [0.717, 1.165) is 5.56 Å². The Morgan fingerprint density at radius 1 is 1.14 bits per heavy atom. The van der Waals surface area contributed by atoms with E-state index in [1.54, 1.807) is 18.2 Å². The minimum absolute atomic E-state index is 0.0278. The maximum Gasteiger partial charge on any atom is 0.252 e. The van der Waals surface area contributed by atoms with Crippen LogP contribution < -0.4 is 16.0 Å². The summed E-state index contributed by atoms with van der Waals surface area (Å²) in [6.07, 6.45) is 0. The second-order valence-electron chi connectivity index (χ2n) is 7.57. The molecule has 0 spiro atoms. The number of aromatic nitrogens is 2. The van der Waals surface area contributed by atoms with Crippen LogP contribution in [-0.4, -0.2) is 9.97 Å². The molecule has 1 heterocycles. The molecule has 0 amide bonds. The van der Waals surface area contributed by atoms with Crippen molar-refractivity contribution < 1.29 is 4.74 Å². The number of hydrogen-bond acceptors (Lipinski definition) is 5. The van der Waals surface area contributed by atoms with Crippen LogP contribution in [0.5, 0.6) is 5.75 Å². The molecule has 2 aromatic carbocycles. The SMILES string of the molecule is CC(C)(C)c1ccc(COc2ccc(-c3cc(=O)[nH]c(N)n3)cc2C#N)cc1. The molecule has 0 saturated carbocycles. The Hall–Kier alpha value is -3.59. The van der Waals surface area contributed by atoms with E-state index >= 15 is 0 Å². The molecule has 0 aliphatic carbocycles. The van der Waals surface area contributed by atoms with Gasteiger partial charge in [-0.15, -0.1) is 0 Å². The van der Waals surface area contributed by atoms with Gasteiger partial charge in [0, 0.05) is 11.6 Å². The number of rotatable bonds is 4. The highest BCUT2D eigenvalue weighted by atomic mass is 16.5. The Morgan fingerprint density at radius 2 is 1.86 bits per heavy atom. The van der Waals surface area contributed by atoms with Crippen molar-refractivity contribution in [1.29, 1.82) is 5.26 Å². The van der Waals surface area contributed by atoms with Crippen molar-refractivity contribution in [1.82, 2.24) is 9.97 Å². The van der Waals surface area contributed by atoms with Crippen LogP contribution in [0.15, 0.2) is 53.3 Å². The first kappa shape index (κ1) is 19.2. The lowest BCUT2D eigenvalue weighted by molar-refractivity contribution is 0.305. The van der Waals surface area contributed by atoms with Crippen molar-refractivity contribution in [3.63, 3.8) is 0 Å². The molecule has 3 N–H and O–H groups in total. The molecule has 0 bridgehead atoms. The Bertz CT molecular complexity index is 1090. The molecule has 0 fully saturated rings. The number of benzene rings is 2. The summed E-state index contributed by atoms with van der Waals surface area (Å²) in [7, 11) is 0. The number of hydrogen-bond donors (Lipinski definition) is 2. The average molecular weight is 374 g/mol. The number of H-pyrrole nitrogens is 1.